The number of hydrogen-bond donors (Lipinski definition) is 1. The van der Waals surface area contributed by atoms with Crippen LogP contribution in [-0.4, -0.2) is 29.0 Å². The molecule has 7 heteroatoms. The summed E-state index contributed by atoms with van der Waals surface area (Å²) in [6, 6.07) is 18.4. The van der Waals surface area contributed by atoms with E-state index in [9.17, 15) is 14.9 Å². The molecule has 1 fully saturated rings. The minimum absolute atomic E-state index is 0.140. The summed E-state index contributed by atoms with van der Waals surface area (Å²) >= 11 is 0. The second-order valence-electron chi connectivity index (χ2n) is 7.65. The Morgan fingerprint density at radius 3 is 2.61 bits per heavy atom. The normalized spacial score (nSPS) is 14.8. The highest BCUT2D eigenvalue weighted by Crippen LogP contribution is 2.39. The molecule has 0 radical (unpaired) electrons. The Labute approximate surface area is 179 Å². The van der Waals surface area contributed by atoms with Crippen LogP contribution in [0.4, 0.5) is 0 Å². The third kappa shape index (κ3) is 4.48. The van der Waals surface area contributed by atoms with Gasteiger partial charge in [-0.25, -0.2) is 9.78 Å². The summed E-state index contributed by atoms with van der Waals surface area (Å²) in [6.07, 6.45) is 3.40. The lowest BCUT2D eigenvalue weighted by molar-refractivity contribution is -0.125. The molecule has 1 aromatic heterocycles. The van der Waals surface area contributed by atoms with Crippen molar-refractivity contribution in [2.75, 3.05) is 6.61 Å². The Bertz CT molecular complexity index is 1140. The van der Waals surface area contributed by atoms with Crippen molar-refractivity contribution in [3.63, 3.8) is 0 Å². The number of carbonyl (C=O) groups excluding carboxylic acids is 2. The number of hydrogen-bond acceptors (Lipinski definition) is 6. The van der Waals surface area contributed by atoms with Crippen molar-refractivity contribution in [2.45, 2.75) is 25.3 Å². The van der Waals surface area contributed by atoms with E-state index in [1.54, 1.807) is 37.4 Å². The number of nitriles is 1. The van der Waals surface area contributed by atoms with E-state index in [1.807, 2.05) is 30.3 Å². The molecule has 1 heterocycles. The summed E-state index contributed by atoms with van der Waals surface area (Å²) < 4.78 is 11.1. The SMILES string of the molecule is C[C@@](C#N)(NC(=O)COC(=O)c1ccccc1-c1ncc(-c2ccccc2)o1)C1CC1. The molecule has 7 nitrogen and oxygen atoms in total. The summed E-state index contributed by atoms with van der Waals surface area (Å²) in [7, 11) is 0. The van der Waals surface area contributed by atoms with Crippen LogP contribution in [0.15, 0.2) is 65.2 Å². The fourth-order valence-electron chi connectivity index (χ4n) is 3.40. The molecule has 31 heavy (non-hydrogen) atoms. The smallest absolute Gasteiger partial charge is 0.339 e. The Balaban J connectivity index is 1.46. The lowest BCUT2D eigenvalue weighted by Crippen LogP contribution is -2.48. The van der Waals surface area contributed by atoms with E-state index >= 15 is 0 Å². The minimum Gasteiger partial charge on any atom is -0.452 e. The molecule has 0 saturated heterocycles. The average molecular weight is 415 g/mol. The number of benzene rings is 2. The van der Waals surface area contributed by atoms with Crippen molar-refractivity contribution in [3.8, 4) is 28.8 Å². The predicted molar refractivity (Wildman–Crippen MR) is 113 cm³/mol. The van der Waals surface area contributed by atoms with E-state index in [4.69, 9.17) is 9.15 Å². The Hall–Kier alpha value is -3.92. The van der Waals surface area contributed by atoms with Gasteiger partial charge in [-0.3, -0.25) is 4.79 Å². The molecule has 1 aliphatic rings. The molecule has 0 spiro atoms. The first kappa shape index (κ1) is 20.4. The quantitative estimate of drug-likeness (QED) is 0.585. The number of nitrogens with zero attached hydrogens (tertiary/aromatic N) is 2. The van der Waals surface area contributed by atoms with Gasteiger partial charge in [-0.2, -0.15) is 5.26 Å². The van der Waals surface area contributed by atoms with Gasteiger partial charge in [0.05, 0.1) is 23.4 Å². The predicted octanol–water partition coefficient (Wildman–Crippen LogP) is 3.97. The van der Waals surface area contributed by atoms with Crippen LogP contribution >= 0.6 is 0 Å². The highest BCUT2D eigenvalue weighted by Gasteiger charge is 2.43. The van der Waals surface area contributed by atoms with E-state index in [2.05, 4.69) is 16.4 Å². The van der Waals surface area contributed by atoms with E-state index in [1.165, 1.54) is 0 Å². The van der Waals surface area contributed by atoms with Gasteiger partial charge in [-0.15, -0.1) is 0 Å². The van der Waals surface area contributed by atoms with E-state index in [-0.39, 0.29) is 17.4 Å². The van der Waals surface area contributed by atoms with Gasteiger partial charge in [0, 0.05) is 5.56 Å². The summed E-state index contributed by atoms with van der Waals surface area (Å²) in [6.45, 7) is 1.21. The van der Waals surface area contributed by atoms with Gasteiger partial charge in [0.2, 0.25) is 5.89 Å². The number of rotatable bonds is 7. The molecule has 3 aromatic rings. The van der Waals surface area contributed by atoms with Crippen molar-refractivity contribution >= 4 is 11.9 Å². The van der Waals surface area contributed by atoms with Crippen molar-refractivity contribution in [1.82, 2.24) is 10.3 Å². The Morgan fingerprint density at radius 1 is 1.19 bits per heavy atom. The molecule has 4 rings (SSSR count). The topological polar surface area (TPSA) is 105 Å². The second kappa shape index (κ2) is 8.44. The first-order valence-corrected chi connectivity index (χ1v) is 10.0. The maximum atomic E-state index is 12.7. The van der Waals surface area contributed by atoms with Crippen molar-refractivity contribution in [2.24, 2.45) is 5.92 Å². The maximum absolute atomic E-state index is 12.7. The first-order valence-electron chi connectivity index (χ1n) is 10.0. The van der Waals surface area contributed by atoms with Crippen LogP contribution in [0, 0.1) is 17.2 Å². The fourth-order valence-corrected chi connectivity index (χ4v) is 3.40. The second-order valence-corrected chi connectivity index (χ2v) is 7.65. The summed E-state index contributed by atoms with van der Waals surface area (Å²) in [4.78, 5) is 29.2. The molecule has 1 atom stereocenters. The Morgan fingerprint density at radius 2 is 1.90 bits per heavy atom. The van der Waals surface area contributed by atoms with Crippen LogP contribution < -0.4 is 5.32 Å². The van der Waals surface area contributed by atoms with Gasteiger partial charge >= 0.3 is 5.97 Å². The third-order valence-corrected chi connectivity index (χ3v) is 5.30. The highest BCUT2D eigenvalue weighted by molar-refractivity contribution is 5.97. The van der Waals surface area contributed by atoms with Crippen LogP contribution in [0.2, 0.25) is 0 Å². The van der Waals surface area contributed by atoms with Gasteiger partial charge in [-0.05, 0) is 37.8 Å². The van der Waals surface area contributed by atoms with Crippen molar-refractivity contribution in [1.29, 1.82) is 5.26 Å². The first-order chi connectivity index (χ1) is 15.0. The van der Waals surface area contributed by atoms with Gasteiger partial charge in [0.15, 0.2) is 12.4 Å². The van der Waals surface area contributed by atoms with Crippen LogP contribution in [0.3, 0.4) is 0 Å². The van der Waals surface area contributed by atoms with E-state index < -0.39 is 24.0 Å². The molecule has 1 aliphatic carbocycles. The molecule has 1 N–H and O–H groups in total. The average Bonchev–Trinajstić information content (AvgIpc) is 3.56. The van der Waals surface area contributed by atoms with Crippen LogP contribution in [0.25, 0.3) is 22.8 Å². The van der Waals surface area contributed by atoms with Gasteiger partial charge in [0.1, 0.15) is 5.54 Å². The fraction of sp³-hybridized carbons (Fsp3) is 0.250. The molecule has 1 saturated carbocycles. The number of carbonyl (C=O) groups is 2. The van der Waals surface area contributed by atoms with Crippen LogP contribution in [0.5, 0.6) is 0 Å². The third-order valence-electron chi connectivity index (χ3n) is 5.30. The number of esters is 1. The summed E-state index contributed by atoms with van der Waals surface area (Å²) in [5.41, 5.74) is 0.638. The number of amides is 1. The summed E-state index contributed by atoms with van der Waals surface area (Å²) in [5.74, 6) is -0.183. The Kier molecular flexibility index (Phi) is 5.54. The lowest BCUT2D eigenvalue weighted by Gasteiger charge is -2.22. The molecule has 0 unspecified atom stereocenters. The van der Waals surface area contributed by atoms with Gasteiger partial charge < -0.3 is 14.5 Å². The minimum atomic E-state index is -0.937. The van der Waals surface area contributed by atoms with Gasteiger partial charge in [-0.1, -0.05) is 42.5 Å². The molecular formula is C24H21N3O4. The van der Waals surface area contributed by atoms with Gasteiger partial charge in [0.25, 0.3) is 5.91 Å². The number of oxazole rings is 1. The summed E-state index contributed by atoms with van der Waals surface area (Å²) in [5, 5.41) is 12.0. The van der Waals surface area contributed by atoms with E-state index in [0.717, 1.165) is 18.4 Å². The van der Waals surface area contributed by atoms with Crippen LogP contribution in [-0.2, 0) is 9.53 Å². The monoisotopic (exact) mass is 415 g/mol. The molecule has 156 valence electrons. The number of ether oxygens (including phenoxy) is 1. The zero-order chi connectivity index (χ0) is 21.8. The van der Waals surface area contributed by atoms with Crippen molar-refractivity contribution < 1.29 is 18.7 Å². The van der Waals surface area contributed by atoms with Crippen LogP contribution in [0.1, 0.15) is 30.1 Å². The molecule has 1 amide bonds. The highest BCUT2D eigenvalue weighted by atomic mass is 16.5. The molecule has 0 aliphatic heterocycles. The maximum Gasteiger partial charge on any atom is 0.339 e. The van der Waals surface area contributed by atoms with Crippen molar-refractivity contribution in [3.05, 3.63) is 66.4 Å². The molecule has 2 aromatic carbocycles. The number of nitrogens with one attached hydrogen (secondary N) is 1. The molecule has 0 bridgehead atoms. The van der Waals surface area contributed by atoms with E-state index in [0.29, 0.717) is 11.3 Å². The standard InChI is InChI=1S/C24H21N3O4/c1-24(15-25,17-11-12-17)27-21(28)14-30-23(29)19-10-6-5-9-18(19)22-26-13-20(31-22)16-7-3-2-4-8-16/h2-10,13,17H,11-12,14H2,1H3,(H,27,28)/t24-/m0/s1. The number of aromatic nitrogens is 1. The lowest BCUT2D eigenvalue weighted by atomic mass is 9.98. The zero-order valence-electron chi connectivity index (χ0n) is 17.0. The zero-order valence-corrected chi connectivity index (χ0v) is 17.0. The largest absolute Gasteiger partial charge is 0.452 e. The molecular weight excluding hydrogens is 394 g/mol.